The fraction of sp³-hybridized carbons (Fsp3) is 0.278. The Morgan fingerprint density at radius 2 is 2.08 bits per heavy atom. The summed E-state index contributed by atoms with van der Waals surface area (Å²) in [6, 6.07) is 7.85. The number of amides is 2. The normalized spacial score (nSPS) is 14.5. The van der Waals surface area contributed by atoms with E-state index in [0.29, 0.717) is 17.8 Å². The molecule has 1 aromatic carbocycles. The number of carbonyl (C=O) groups is 1. The zero-order valence-corrected chi connectivity index (χ0v) is 14.3. The summed E-state index contributed by atoms with van der Waals surface area (Å²) < 4.78 is 14.7. The molecule has 0 saturated carbocycles. The quantitative estimate of drug-likeness (QED) is 0.829. The maximum Gasteiger partial charge on any atom is 0.323 e. The molecule has 1 aliphatic rings. The number of nitrogens with one attached hydrogen (secondary N) is 2. The molecule has 1 aromatic heterocycles. The SMILES string of the molecule is N#CB1CCN(Cc2cccc(NC(=O)Nc3cccnc3)c2F)CC1. The zero-order valence-electron chi connectivity index (χ0n) is 14.3. The van der Waals surface area contributed by atoms with Crippen LogP contribution in [0.4, 0.5) is 20.6 Å². The van der Waals surface area contributed by atoms with E-state index in [0.717, 1.165) is 25.7 Å². The monoisotopic (exact) mass is 351 g/mol. The van der Waals surface area contributed by atoms with E-state index in [1.165, 1.54) is 12.3 Å². The van der Waals surface area contributed by atoms with Crippen LogP contribution in [0.5, 0.6) is 0 Å². The molecule has 0 radical (unpaired) electrons. The minimum Gasteiger partial charge on any atom is -0.306 e. The lowest BCUT2D eigenvalue weighted by molar-refractivity contribution is 0.262. The smallest absolute Gasteiger partial charge is 0.306 e. The molecule has 0 unspecified atom stereocenters. The van der Waals surface area contributed by atoms with Gasteiger partial charge in [0, 0.05) is 24.3 Å². The molecule has 1 fully saturated rings. The standard InChI is InChI=1S/C18H19BFN5O/c20-17-14(12-25-9-6-19(13-21)7-10-25)3-1-5-16(17)24-18(26)23-15-4-2-8-22-11-15/h1-5,8,11H,6-7,9-10,12H2,(H2,23,24,26). The Kier molecular flexibility index (Phi) is 5.82. The minimum atomic E-state index is -0.524. The van der Waals surface area contributed by atoms with Crippen molar-refractivity contribution < 1.29 is 9.18 Å². The lowest BCUT2D eigenvalue weighted by Crippen LogP contribution is -2.36. The van der Waals surface area contributed by atoms with Gasteiger partial charge in [0.25, 0.3) is 6.71 Å². The highest BCUT2D eigenvalue weighted by Crippen LogP contribution is 2.21. The Hall–Kier alpha value is -2.92. The van der Waals surface area contributed by atoms with Crippen LogP contribution in [-0.4, -0.2) is 35.7 Å². The van der Waals surface area contributed by atoms with E-state index in [-0.39, 0.29) is 12.4 Å². The van der Waals surface area contributed by atoms with Gasteiger partial charge in [-0.2, -0.15) is 0 Å². The first-order valence-corrected chi connectivity index (χ1v) is 8.53. The third-order valence-electron chi connectivity index (χ3n) is 4.41. The summed E-state index contributed by atoms with van der Waals surface area (Å²) in [6.07, 6.45) is 4.73. The number of nitriles is 1. The summed E-state index contributed by atoms with van der Waals surface area (Å²) in [6.45, 7) is 2.11. The van der Waals surface area contributed by atoms with Crippen LogP contribution in [0.25, 0.3) is 0 Å². The highest BCUT2D eigenvalue weighted by Gasteiger charge is 2.23. The average Bonchev–Trinajstić information content (AvgIpc) is 2.66. The number of pyridine rings is 1. The van der Waals surface area contributed by atoms with Crippen molar-refractivity contribution in [3.63, 3.8) is 0 Å². The van der Waals surface area contributed by atoms with Gasteiger partial charge in [-0.1, -0.05) is 12.1 Å². The molecule has 0 atom stereocenters. The van der Waals surface area contributed by atoms with E-state index in [2.05, 4.69) is 26.5 Å². The van der Waals surface area contributed by atoms with E-state index in [4.69, 9.17) is 5.26 Å². The summed E-state index contributed by atoms with van der Waals surface area (Å²) in [5, 5.41) is 14.1. The lowest BCUT2D eigenvalue weighted by Gasteiger charge is -2.28. The number of rotatable bonds is 4. The van der Waals surface area contributed by atoms with Gasteiger partial charge in [0.2, 0.25) is 0 Å². The molecule has 8 heteroatoms. The first-order chi connectivity index (χ1) is 12.7. The van der Waals surface area contributed by atoms with Crippen molar-refractivity contribution >= 4 is 24.1 Å². The van der Waals surface area contributed by atoms with Gasteiger partial charge >= 0.3 is 6.03 Å². The Morgan fingerprint density at radius 3 is 2.77 bits per heavy atom. The van der Waals surface area contributed by atoms with Gasteiger partial charge in [-0.3, -0.25) is 4.98 Å². The Labute approximate surface area is 152 Å². The predicted molar refractivity (Wildman–Crippen MR) is 99.5 cm³/mol. The number of halogens is 1. The molecule has 2 aromatic rings. The molecule has 26 heavy (non-hydrogen) atoms. The molecule has 1 aliphatic heterocycles. The highest BCUT2D eigenvalue weighted by molar-refractivity contribution is 6.67. The van der Waals surface area contributed by atoms with Crippen molar-refractivity contribution in [3.05, 3.63) is 54.1 Å². The highest BCUT2D eigenvalue weighted by atomic mass is 19.1. The molecule has 3 rings (SSSR count). The Morgan fingerprint density at radius 1 is 1.27 bits per heavy atom. The van der Waals surface area contributed by atoms with Crippen molar-refractivity contribution in [3.8, 4) is 5.97 Å². The maximum absolute atomic E-state index is 14.7. The number of nitrogens with zero attached hydrogens (tertiary/aromatic N) is 3. The third kappa shape index (κ3) is 4.58. The van der Waals surface area contributed by atoms with Crippen LogP contribution in [0, 0.1) is 17.0 Å². The number of urea groups is 1. The number of hydrogen-bond donors (Lipinski definition) is 2. The molecule has 132 valence electrons. The van der Waals surface area contributed by atoms with Crippen LogP contribution in [-0.2, 0) is 6.54 Å². The average molecular weight is 351 g/mol. The lowest BCUT2D eigenvalue weighted by atomic mass is 9.45. The van der Waals surface area contributed by atoms with Crippen molar-refractivity contribution in [1.29, 1.82) is 5.26 Å². The van der Waals surface area contributed by atoms with Crippen molar-refractivity contribution in [1.82, 2.24) is 9.88 Å². The second kappa shape index (κ2) is 8.45. The van der Waals surface area contributed by atoms with Gasteiger partial charge in [-0.05, 0) is 43.9 Å². The fourth-order valence-corrected chi connectivity index (χ4v) is 2.98. The van der Waals surface area contributed by atoms with E-state index in [1.54, 1.807) is 30.5 Å². The molecule has 6 nitrogen and oxygen atoms in total. The summed E-state index contributed by atoms with van der Waals surface area (Å²) in [4.78, 5) is 18.1. The van der Waals surface area contributed by atoms with Gasteiger partial charge in [-0.15, -0.1) is 0 Å². The second-order valence-corrected chi connectivity index (χ2v) is 6.28. The zero-order chi connectivity index (χ0) is 18.4. The van der Waals surface area contributed by atoms with Gasteiger partial charge in [0.05, 0.1) is 17.6 Å². The molecular weight excluding hydrogens is 332 g/mol. The largest absolute Gasteiger partial charge is 0.323 e. The van der Waals surface area contributed by atoms with Crippen molar-refractivity contribution in [2.24, 2.45) is 0 Å². The van der Waals surface area contributed by atoms with Gasteiger partial charge < -0.3 is 15.5 Å². The van der Waals surface area contributed by atoms with Crippen molar-refractivity contribution in [2.45, 2.75) is 19.2 Å². The predicted octanol–water partition coefficient (Wildman–Crippen LogP) is 3.24. The van der Waals surface area contributed by atoms with Crippen LogP contribution in [0.15, 0.2) is 42.7 Å². The van der Waals surface area contributed by atoms with Gasteiger partial charge in [0.15, 0.2) is 5.82 Å². The Balaban J connectivity index is 1.62. The molecule has 2 N–H and O–H groups in total. The van der Waals surface area contributed by atoms with E-state index >= 15 is 0 Å². The molecule has 0 aliphatic carbocycles. The minimum absolute atomic E-state index is 0.0975. The number of hydrogen-bond acceptors (Lipinski definition) is 4. The first-order valence-electron chi connectivity index (χ1n) is 8.53. The molecule has 0 spiro atoms. The maximum atomic E-state index is 14.7. The van der Waals surface area contributed by atoms with Crippen molar-refractivity contribution in [2.75, 3.05) is 23.7 Å². The van der Waals surface area contributed by atoms with Gasteiger partial charge in [-0.25, -0.2) is 14.4 Å². The van der Waals surface area contributed by atoms with Crippen LogP contribution in [0.3, 0.4) is 0 Å². The van der Waals surface area contributed by atoms with Gasteiger partial charge in [0.1, 0.15) is 0 Å². The van der Waals surface area contributed by atoms with Crippen LogP contribution >= 0.6 is 0 Å². The third-order valence-corrected chi connectivity index (χ3v) is 4.41. The summed E-state index contributed by atoms with van der Waals surface area (Å²) in [7, 11) is 0. The summed E-state index contributed by atoms with van der Waals surface area (Å²) in [5.74, 6) is 1.86. The number of anilines is 2. The van der Waals surface area contributed by atoms with E-state index in [1.807, 2.05) is 0 Å². The van der Waals surface area contributed by atoms with Crippen LogP contribution in [0.2, 0.25) is 12.6 Å². The van der Waals surface area contributed by atoms with E-state index in [9.17, 15) is 9.18 Å². The number of benzene rings is 1. The molecule has 2 heterocycles. The van der Waals surface area contributed by atoms with E-state index < -0.39 is 11.8 Å². The number of aromatic nitrogens is 1. The Bertz CT molecular complexity index is 803. The summed E-state index contributed by atoms with van der Waals surface area (Å²) >= 11 is 0. The molecule has 1 saturated heterocycles. The van der Waals surface area contributed by atoms with Crippen LogP contribution in [0.1, 0.15) is 5.56 Å². The topological polar surface area (TPSA) is 81.0 Å². The molecule has 2 amide bonds. The first kappa shape index (κ1) is 17.9. The number of carbonyl (C=O) groups excluding carboxylic acids is 1. The second-order valence-electron chi connectivity index (χ2n) is 6.28. The van der Waals surface area contributed by atoms with Crippen LogP contribution < -0.4 is 10.6 Å². The molecule has 0 bridgehead atoms. The fourth-order valence-electron chi connectivity index (χ4n) is 2.98. The summed E-state index contributed by atoms with van der Waals surface area (Å²) in [5.41, 5.74) is 1.19. The molecular formula is C18H19BFN5O.